The highest BCUT2D eigenvalue weighted by Crippen LogP contribution is 2.29. The van der Waals surface area contributed by atoms with Gasteiger partial charge in [0, 0.05) is 11.4 Å². The lowest BCUT2D eigenvalue weighted by molar-refractivity contribution is 0.994. The number of rotatable bonds is 4. The van der Waals surface area contributed by atoms with Gasteiger partial charge in [0.15, 0.2) is 0 Å². The Hall–Kier alpha value is -1.65. The van der Waals surface area contributed by atoms with Crippen molar-refractivity contribution in [3.05, 3.63) is 51.6 Å². The lowest BCUT2D eigenvalue weighted by atomic mass is 10.1. The Kier molecular flexibility index (Phi) is 4.08. The molecule has 3 rings (SSSR count). The third kappa shape index (κ3) is 3.17. The number of hydrogen-bond acceptors (Lipinski definition) is 4. The number of aromatic nitrogens is 2. The summed E-state index contributed by atoms with van der Waals surface area (Å²) < 4.78 is 0. The summed E-state index contributed by atoms with van der Waals surface area (Å²) in [7, 11) is 0. The first-order chi connectivity index (χ1) is 10.1. The monoisotopic (exact) mass is 317 g/mol. The van der Waals surface area contributed by atoms with E-state index in [2.05, 4.69) is 59.5 Å². The molecule has 0 aliphatic heterocycles. The van der Waals surface area contributed by atoms with Gasteiger partial charge in [-0.05, 0) is 49.1 Å². The number of nitrogens with zero attached hydrogens (tertiary/aromatic N) is 2. The van der Waals surface area contributed by atoms with Crippen LogP contribution in [-0.2, 0) is 6.42 Å². The highest BCUT2D eigenvalue weighted by atomic mass is 35.5. The molecule has 0 saturated carbocycles. The SMILES string of the molecule is Cc1cc2c(NCCc3ccccc3C)nc(Cl)nc2s1. The molecule has 0 spiro atoms. The summed E-state index contributed by atoms with van der Waals surface area (Å²) >= 11 is 7.64. The van der Waals surface area contributed by atoms with E-state index in [0.717, 1.165) is 29.0 Å². The van der Waals surface area contributed by atoms with Crippen molar-refractivity contribution in [3.63, 3.8) is 0 Å². The Bertz CT molecular complexity index is 782. The second kappa shape index (κ2) is 6.00. The maximum Gasteiger partial charge on any atom is 0.225 e. The maximum absolute atomic E-state index is 6.00. The number of anilines is 1. The van der Waals surface area contributed by atoms with E-state index < -0.39 is 0 Å². The quantitative estimate of drug-likeness (QED) is 0.714. The van der Waals surface area contributed by atoms with E-state index in [1.54, 1.807) is 11.3 Å². The fourth-order valence-electron chi connectivity index (χ4n) is 2.36. The van der Waals surface area contributed by atoms with Gasteiger partial charge in [-0.3, -0.25) is 0 Å². The topological polar surface area (TPSA) is 37.8 Å². The molecule has 2 aromatic heterocycles. The van der Waals surface area contributed by atoms with Crippen molar-refractivity contribution >= 4 is 39.0 Å². The van der Waals surface area contributed by atoms with Crippen molar-refractivity contribution in [2.24, 2.45) is 0 Å². The van der Waals surface area contributed by atoms with Crippen LogP contribution in [0.5, 0.6) is 0 Å². The van der Waals surface area contributed by atoms with Crippen molar-refractivity contribution in [2.75, 3.05) is 11.9 Å². The number of benzene rings is 1. The zero-order chi connectivity index (χ0) is 14.8. The Labute approximate surface area is 133 Å². The van der Waals surface area contributed by atoms with Gasteiger partial charge in [-0.25, -0.2) is 9.97 Å². The van der Waals surface area contributed by atoms with Crippen LogP contribution in [0.15, 0.2) is 30.3 Å². The Morgan fingerprint density at radius 1 is 1.19 bits per heavy atom. The fraction of sp³-hybridized carbons (Fsp3) is 0.250. The number of thiophene rings is 1. The second-order valence-corrected chi connectivity index (χ2v) is 6.59. The lowest BCUT2D eigenvalue weighted by Gasteiger charge is -2.08. The molecule has 0 aliphatic carbocycles. The van der Waals surface area contributed by atoms with Gasteiger partial charge in [-0.15, -0.1) is 11.3 Å². The third-order valence-corrected chi connectivity index (χ3v) is 4.55. The first-order valence-corrected chi connectivity index (χ1v) is 8.05. The minimum absolute atomic E-state index is 0.294. The Balaban J connectivity index is 1.78. The van der Waals surface area contributed by atoms with Gasteiger partial charge < -0.3 is 5.32 Å². The van der Waals surface area contributed by atoms with Crippen LogP contribution < -0.4 is 5.32 Å². The molecule has 1 aromatic carbocycles. The molecule has 0 saturated heterocycles. The van der Waals surface area contributed by atoms with Crippen molar-refractivity contribution in [1.29, 1.82) is 0 Å². The zero-order valence-corrected chi connectivity index (χ0v) is 13.6. The predicted octanol–water partition coefficient (Wildman–Crippen LogP) is 4.62. The molecule has 5 heteroatoms. The third-order valence-electron chi connectivity index (χ3n) is 3.44. The molecule has 0 bridgehead atoms. The molecule has 108 valence electrons. The lowest BCUT2D eigenvalue weighted by Crippen LogP contribution is -2.07. The molecule has 0 aliphatic rings. The predicted molar refractivity (Wildman–Crippen MR) is 90.5 cm³/mol. The first kappa shape index (κ1) is 14.3. The van der Waals surface area contributed by atoms with Gasteiger partial charge in [0.2, 0.25) is 5.28 Å². The summed E-state index contributed by atoms with van der Waals surface area (Å²) in [5, 5.41) is 4.73. The highest BCUT2D eigenvalue weighted by molar-refractivity contribution is 7.18. The van der Waals surface area contributed by atoms with E-state index in [1.807, 2.05) is 0 Å². The molecule has 0 fully saturated rings. The molecule has 1 N–H and O–H groups in total. The molecule has 0 amide bonds. The van der Waals surface area contributed by atoms with Crippen LogP contribution in [0, 0.1) is 13.8 Å². The summed E-state index contributed by atoms with van der Waals surface area (Å²) in [5.74, 6) is 0.822. The van der Waals surface area contributed by atoms with Crippen LogP contribution in [0.4, 0.5) is 5.82 Å². The first-order valence-electron chi connectivity index (χ1n) is 6.85. The number of fused-ring (bicyclic) bond motifs is 1. The molecule has 3 aromatic rings. The van der Waals surface area contributed by atoms with Crippen molar-refractivity contribution in [3.8, 4) is 0 Å². The normalized spacial score (nSPS) is 11.0. The zero-order valence-electron chi connectivity index (χ0n) is 12.0. The standard InChI is InChI=1S/C16H16ClN3S/c1-10-5-3-4-6-12(10)7-8-18-14-13-9-11(2)21-15(13)20-16(17)19-14/h3-6,9H,7-8H2,1-2H3,(H,18,19,20). The van der Waals surface area contributed by atoms with Gasteiger partial charge in [-0.1, -0.05) is 24.3 Å². The molecular formula is C16H16ClN3S. The van der Waals surface area contributed by atoms with E-state index in [0.29, 0.717) is 5.28 Å². The summed E-state index contributed by atoms with van der Waals surface area (Å²) in [5.41, 5.74) is 2.67. The molecule has 3 nitrogen and oxygen atoms in total. The summed E-state index contributed by atoms with van der Waals surface area (Å²) in [6.07, 6.45) is 0.957. The van der Waals surface area contributed by atoms with Crippen molar-refractivity contribution in [1.82, 2.24) is 9.97 Å². The van der Waals surface area contributed by atoms with E-state index >= 15 is 0 Å². The maximum atomic E-state index is 6.00. The average molecular weight is 318 g/mol. The van der Waals surface area contributed by atoms with Gasteiger partial charge in [0.05, 0.1) is 5.39 Å². The van der Waals surface area contributed by atoms with E-state index in [9.17, 15) is 0 Å². The fourth-order valence-corrected chi connectivity index (χ4v) is 3.46. The summed E-state index contributed by atoms with van der Waals surface area (Å²) in [4.78, 5) is 10.7. The molecule has 0 radical (unpaired) electrons. The van der Waals surface area contributed by atoms with Crippen LogP contribution in [0.25, 0.3) is 10.2 Å². The minimum Gasteiger partial charge on any atom is -0.369 e. The molecular weight excluding hydrogens is 302 g/mol. The van der Waals surface area contributed by atoms with Gasteiger partial charge in [0.25, 0.3) is 0 Å². The van der Waals surface area contributed by atoms with E-state index in [1.165, 1.54) is 16.0 Å². The van der Waals surface area contributed by atoms with Crippen LogP contribution in [-0.4, -0.2) is 16.5 Å². The summed E-state index contributed by atoms with van der Waals surface area (Å²) in [6, 6.07) is 10.5. The minimum atomic E-state index is 0.294. The van der Waals surface area contributed by atoms with Gasteiger partial charge >= 0.3 is 0 Å². The highest BCUT2D eigenvalue weighted by Gasteiger charge is 2.09. The van der Waals surface area contributed by atoms with Crippen LogP contribution in [0.3, 0.4) is 0 Å². The van der Waals surface area contributed by atoms with Gasteiger partial charge in [-0.2, -0.15) is 0 Å². The van der Waals surface area contributed by atoms with Crippen molar-refractivity contribution in [2.45, 2.75) is 20.3 Å². The van der Waals surface area contributed by atoms with Crippen molar-refractivity contribution < 1.29 is 0 Å². The number of nitrogens with one attached hydrogen (secondary N) is 1. The molecule has 0 unspecified atom stereocenters. The second-order valence-electron chi connectivity index (χ2n) is 5.02. The molecule has 0 atom stereocenters. The Morgan fingerprint density at radius 2 is 2.00 bits per heavy atom. The van der Waals surface area contributed by atoms with Crippen LogP contribution in [0.1, 0.15) is 16.0 Å². The largest absolute Gasteiger partial charge is 0.369 e. The summed E-state index contributed by atoms with van der Waals surface area (Å²) in [6.45, 7) is 5.02. The average Bonchev–Trinajstić information content (AvgIpc) is 2.81. The number of halogens is 1. The molecule has 21 heavy (non-hydrogen) atoms. The molecule has 2 heterocycles. The van der Waals surface area contributed by atoms with Crippen LogP contribution >= 0.6 is 22.9 Å². The van der Waals surface area contributed by atoms with Crippen LogP contribution in [0.2, 0.25) is 5.28 Å². The van der Waals surface area contributed by atoms with Gasteiger partial charge in [0.1, 0.15) is 10.6 Å². The number of aryl methyl sites for hydroxylation is 2. The van der Waals surface area contributed by atoms with E-state index in [4.69, 9.17) is 11.6 Å². The number of hydrogen-bond donors (Lipinski definition) is 1. The Morgan fingerprint density at radius 3 is 2.81 bits per heavy atom. The van der Waals surface area contributed by atoms with E-state index in [-0.39, 0.29) is 0 Å². The smallest absolute Gasteiger partial charge is 0.225 e.